The van der Waals surface area contributed by atoms with Crippen molar-refractivity contribution in [2.24, 2.45) is 0 Å². The summed E-state index contributed by atoms with van der Waals surface area (Å²) in [4.78, 5) is 41.1. The third kappa shape index (κ3) is 5.15. The lowest BCUT2D eigenvalue weighted by Crippen LogP contribution is -2.31. The number of ketones is 1. The minimum atomic E-state index is -0.954. The maximum absolute atomic E-state index is 13.4. The standard InChI is InChI=1S/C29H28N2O5/c1-30(2)22-15-11-21(12-16-22)27-26(24(32)17-10-19-6-4-3-5-7-19)28(35)29(36)31(27)23-13-8-20(9-14-23)18-25(33)34/h3-9,11-16,27,35H,10,17-18H2,1-2H3,(H,33,34). The SMILES string of the molecule is CN(C)c1ccc(C2C(C(=O)CCc3ccccc3)=C(O)C(=O)N2c2ccc(CC(=O)O)cc2)cc1. The molecule has 1 heterocycles. The van der Waals surface area contributed by atoms with E-state index in [1.807, 2.05) is 73.6 Å². The van der Waals surface area contributed by atoms with Crippen LogP contribution in [0.4, 0.5) is 11.4 Å². The third-order valence-corrected chi connectivity index (χ3v) is 6.29. The number of aliphatic hydroxyl groups is 1. The van der Waals surface area contributed by atoms with Crippen molar-refractivity contribution in [2.75, 3.05) is 23.9 Å². The number of hydrogen-bond acceptors (Lipinski definition) is 5. The Balaban J connectivity index is 1.71. The van der Waals surface area contributed by atoms with Crippen LogP contribution in [0.5, 0.6) is 0 Å². The molecule has 1 aliphatic heterocycles. The van der Waals surface area contributed by atoms with Gasteiger partial charge in [0.1, 0.15) is 0 Å². The van der Waals surface area contributed by atoms with Crippen molar-refractivity contribution in [1.29, 1.82) is 0 Å². The summed E-state index contributed by atoms with van der Waals surface area (Å²) in [5.74, 6) is -2.46. The number of nitrogens with zero attached hydrogens (tertiary/aromatic N) is 2. The molecular weight excluding hydrogens is 456 g/mol. The molecule has 0 radical (unpaired) electrons. The first-order valence-electron chi connectivity index (χ1n) is 11.7. The Morgan fingerprint density at radius 2 is 1.53 bits per heavy atom. The third-order valence-electron chi connectivity index (χ3n) is 6.29. The summed E-state index contributed by atoms with van der Waals surface area (Å²) in [5.41, 5.74) is 3.76. The van der Waals surface area contributed by atoms with Crippen molar-refractivity contribution in [1.82, 2.24) is 0 Å². The number of aryl methyl sites for hydroxylation is 1. The van der Waals surface area contributed by atoms with Crippen molar-refractivity contribution in [3.8, 4) is 0 Å². The second-order valence-corrected chi connectivity index (χ2v) is 8.97. The van der Waals surface area contributed by atoms with Crippen LogP contribution in [0.15, 0.2) is 90.2 Å². The molecule has 0 bridgehead atoms. The van der Waals surface area contributed by atoms with E-state index < -0.39 is 23.7 Å². The van der Waals surface area contributed by atoms with Crippen LogP contribution in [0.25, 0.3) is 0 Å². The normalized spacial score (nSPS) is 15.3. The van der Waals surface area contributed by atoms with Crippen LogP contribution in [-0.4, -0.2) is 42.0 Å². The maximum Gasteiger partial charge on any atom is 0.307 e. The van der Waals surface area contributed by atoms with Gasteiger partial charge in [0.2, 0.25) is 0 Å². The van der Waals surface area contributed by atoms with Crippen LogP contribution in [0.3, 0.4) is 0 Å². The van der Waals surface area contributed by atoms with Gasteiger partial charge in [0.05, 0.1) is 18.0 Å². The monoisotopic (exact) mass is 484 g/mol. The molecule has 0 fully saturated rings. The van der Waals surface area contributed by atoms with Gasteiger partial charge < -0.3 is 15.1 Å². The molecule has 0 aliphatic carbocycles. The van der Waals surface area contributed by atoms with Gasteiger partial charge in [-0.1, -0.05) is 54.6 Å². The second kappa shape index (κ2) is 10.5. The highest BCUT2D eigenvalue weighted by Gasteiger charge is 2.44. The number of benzene rings is 3. The molecule has 3 aromatic carbocycles. The summed E-state index contributed by atoms with van der Waals surface area (Å²) >= 11 is 0. The van der Waals surface area contributed by atoms with Crippen molar-refractivity contribution in [2.45, 2.75) is 25.3 Å². The first-order valence-corrected chi connectivity index (χ1v) is 11.7. The van der Waals surface area contributed by atoms with E-state index in [0.29, 0.717) is 23.2 Å². The van der Waals surface area contributed by atoms with Crippen molar-refractivity contribution < 1.29 is 24.6 Å². The van der Waals surface area contributed by atoms with E-state index in [9.17, 15) is 19.5 Å². The van der Waals surface area contributed by atoms with E-state index in [2.05, 4.69) is 0 Å². The van der Waals surface area contributed by atoms with E-state index in [4.69, 9.17) is 5.11 Å². The largest absolute Gasteiger partial charge is 0.503 e. The van der Waals surface area contributed by atoms with Crippen LogP contribution >= 0.6 is 0 Å². The average molecular weight is 485 g/mol. The topological polar surface area (TPSA) is 98.2 Å². The number of hydrogen-bond donors (Lipinski definition) is 2. The molecule has 1 atom stereocenters. The number of aliphatic carboxylic acids is 1. The Labute approximate surface area is 209 Å². The molecule has 0 saturated carbocycles. The quantitative estimate of drug-likeness (QED) is 0.465. The van der Waals surface area contributed by atoms with E-state index >= 15 is 0 Å². The molecular formula is C29H28N2O5. The number of carbonyl (C=O) groups excluding carboxylic acids is 2. The summed E-state index contributed by atoms with van der Waals surface area (Å²) in [6.45, 7) is 0. The van der Waals surface area contributed by atoms with Gasteiger partial charge in [-0.3, -0.25) is 19.3 Å². The Morgan fingerprint density at radius 1 is 0.889 bits per heavy atom. The second-order valence-electron chi connectivity index (χ2n) is 8.97. The predicted molar refractivity (Wildman–Crippen MR) is 138 cm³/mol. The Morgan fingerprint density at radius 3 is 2.11 bits per heavy atom. The van der Waals surface area contributed by atoms with Crippen LogP contribution in [0, 0.1) is 0 Å². The Hall–Kier alpha value is -4.39. The lowest BCUT2D eigenvalue weighted by Gasteiger charge is -2.27. The molecule has 2 N–H and O–H groups in total. The van der Waals surface area contributed by atoms with E-state index in [0.717, 1.165) is 11.3 Å². The highest BCUT2D eigenvalue weighted by Crippen LogP contribution is 2.41. The Bertz CT molecular complexity index is 1300. The first-order chi connectivity index (χ1) is 17.3. The van der Waals surface area contributed by atoms with Gasteiger partial charge in [-0.25, -0.2) is 0 Å². The molecule has 1 amide bonds. The smallest absolute Gasteiger partial charge is 0.307 e. The summed E-state index contributed by atoms with van der Waals surface area (Å²) < 4.78 is 0. The zero-order valence-corrected chi connectivity index (χ0v) is 20.2. The summed E-state index contributed by atoms with van der Waals surface area (Å²) in [5, 5.41) is 19.9. The molecule has 0 saturated heterocycles. The molecule has 0 spiro atoms. The minimum Gasteiger partial charge on any atom is -0.503 e. The van der Waals surface area contributed by atoms with E-state index in [1.54, 1.807) is 24.3 Å². The molecule has 1 aliphatic rings. The van der Waals surface area contributed by atoms with Gasteiger partial charge in [-0.15, -0.1) is 0 Å². The number of aliphatic hydroxyl groups excluding tert-OH is 1. The molecule has 7 nitrogen and oxygen atoms in total. The summed E-state index contributed by atoms with van der Waals surface area (Å²) in [6.07, 6.45) is 0.492. The van der Waals surface area contributed by atoms with Crippen molar-refractivity contribution >= 4 is 29.0 Å². The average Bonchev–Trinajstić information content (AvgIpc) is 3.14. The van der Waals surface area contributed by atoms with Crippen molar-refractivity contribution in [3.63, 3.8) is 0 Å². The number of carboxylic acids is 1. The van der Waals surface area contributed by atoms with Gasteiger partial charge in [-0.05, 0) is 47.4 Å². The fourth-order valence-electron chi connectivity index (χ4n) is 4.41. The lowest BCUT2D eigenvalue weighted by atomic mass is 9.92. The number of carboxylic acid groups (broad SMARTS) is 1. The van der Waals surface area contributed by atoms with Gasteiger partial charge in [0.25, 0.3) is 5.91 Å². The van der Waals surface area contributed by atoms with Gasteiger partial charge in [0.15, 0.2) is 11.5 Å². The molecule has 7 heteroatoms. The van der Waals surface area contributed by atoms with Crippen LogP contribution in [0.1, 0.15) is 29.2 Å². The zero-order valence-electron chi connectivity index (χ0n) is 20.2. The molecule has 0 aromatic heterocycles. The molecule has 3 aromatic rings. The molecule has 184 valence electrons. The highest BCUT2D eigenvalue weighted by molar-refractivity contribution is 6.16. The number of rotatable bonds is 9. The minimum absolute atomic E-state index is 0.0724. The Kier molecular flexibility index (Phi) is 7.20. The molecule has 36 heavy (non-hydrogen) atoms. The molecule has 1 unspecified atom stereocenters. The number of Topliss-reactive ketones (excluding diaryl/α,β-unsaturated/α-hetero) is 1. The number of amides is 1. The predicted octanol–water partition coefficient (Wildman–Crippen LogP) is 4.48. The van der Waals surface area contributed by atoms with Crippen LogP contribution < -0.4 is 9.80 Å². The van der Waals surface area contributed by atoms with Gasteiger partial charge in [-0.2, -0.15) is 0 Å². The van der Waals surface area contributed by atoms with Crippen molar-refractivity contribution in [3.05, 3.63) is 107 Å². The van der Waals surface area contributed by atoms with Crippen LogP contribution in [0.2, 0.25) is 0 Å². The molecule has 4 rings (SSSR count). The van der Waals surface area contributed by atoms with Gasteiger partial charge in [0, 0.05) is 31.9 Å². The highest BCUT2D eigenvalue weighted by atomic mass is 16.4. The summed E-state index contributed by atoms with van der Waals surface area (Å²) in [6, 6.07) is 22.8. The van der Waals surface area contributed by atoms with E-state index in [1.165, 1.54) is 4.90 Å². The van der Waals surface area contributed by atoms with Gasteiger partial charge >= 0.3 is 5.97 Å². The maximum atomic E-state index is 13.4. The number of anilines is 2. The zero-order chi connectivity index (χ0) is 25.8. The van der Waals surface area contributed by atoms with E-state index in [-0.39, 0.29) is 24.2 Å². The fourth-order valence-corrected chi connectivity index (χ4v) is 4.41. The lowest BCUT2D eigenvalue weighted by molar-refractivity contribution is -0.136. The number of carbonyl (C=O) groups is 3. The fraction of sp³-hybridized carbons (Fsp3) is 0.207. The summed E-state index contributed by atoms with van der Waals surface area (Å²) in [7, 11) is 3.84. The first kappa shape index (κ1) is 24.7. The van der Waals surface area contributed by atoms with Crippen LogP contribution in [-0.2, 0) is 27.2 Å².